The van der Waals surface area contributed by atoms with E-state index in [0.717, 1.165) is 38.9 Å². The Kier molecular flexibility index (Phi) is 3.29. The SMILES string of the molecule is O=C(O)C1CCC2(CCN(Cc3ccccc3)C2)N1. The summed E-state index contributed by atoms with van der Waals surface area (Å²) in [6, 6.07) is 10.1. The quantitative estimate of drug-likeness (QED) is 0.864. The summed E-state index contributed by atoms with van der Waals surface area (Å²) >= 11 is 0. The Balaban J connectivity index is 1.60. The third-order valence-electron chi connectivity index (χ3n) is 4.37. The van der Waals surface area contributed by atoms with Crippen molar-refractivity contribution in [1.29, 1.82) is 0 Å². The Bertz CT molecular complexity index is 462. The lowest BCUT2D eigenvalue weighted by molar-refractivity contribution is -0.139. The average Bonchev–Trinajstić information content (AvgIpc) is 2.99. The van der Waals surface area contributed by atoms with Crippen molar-refractivity contribution in [2.75, 3.05) is 13.1 Å². The minimum Gasteiger partial charge on any atom is -0.480 e. The Morgan fingerprint density at radius 2 is 2.16 bits per heavy atom. The summed E-state index contributed by atoms with van der Waals surface area (Å²) in [5, 5.41) is 12.4. The number of carboxylic acid groups (broad SMARTS) is 1. The fourth-order valence-electron chi connectivity index (χ4n) is 3.38. The largest absolute Gasteiger partial charge is 0.480 e. The summed E-state index contributed by atoms with van der Waals surface area (Å²) in [5.41, 5.74) is 1.37. The topological polar surface area (TPSA) is 52.6 Å². The minimum absolute atomic E-state index is 0.0395. The molecule has 1 aromatic carbocycles. The van der Waals surface area contributed by atoms with Crippen molar-refractivity contribution in [3.63, 3.8) is 0 Å². The lowest BCUT2D eigenvalue weighted by atomic mass is 9.97. The van der Waals surface area contributed by atoms with Crippen LogP contribution in [0.3, 0.4) is 0 Å². The molecule has 0 aromatic heterocycles. The van der Waals surface area contributed by atoms with Crippen LogP contribution in [0.15, 0.2) is 30.3 Å². The monoisotopic (exact) mass is 260 g/mol. The van der Waals surface area contributed by atoms with E-state index in [0.29, 0.717) is 0 Å². The van der Waals surface area contributed by atoms with Crippen molar-refractivity contribution in [2.24, 2.45) is 0 Å². The van der Waals surface area contributed by atoms with Crippen molar-refractivity contribution < 1.29 is 9.90 Å². The van der Waals surface area contributed by atoms with Crippen LogP contribution in [-0.4, -0.2) is 40.6 Å². The highest BCUT2D eigenvalue weighted by Crippen LogP contribution is 2.33. The van der Waals surface area contributed by atoms with Crippen molar-refractivity contribution in [2.45, 2.75) is 37.4 Å². The van der Waals surface area contributed by atoms with E-state index in [9.17, 15) is 4.79 Å². The molecule has 102 valence electrons. The first kappa shape index (κ1) is 12.6. The fraction of sp³-hybridized carbons (Fsp3) is 0.533. The van der Waals surface area contributed by atoms with Gasteiger partial charge in [-0.1, -0.05) is 30.3 Å². The number of nitrogens with zero attached hydrogens (tertiary/aromatic N) is 1. The molecule has 0 amide bonds. The van der Waals surface area contributed by atoms with Gasteiger partial charge in [-0.25, -0.2) is 0 Å². The molecule has 2 aliphatic rings. The highest BCUT2D eigenvalue weighted by Gasteiger charge is 2.45. The zero-order valence-electron chi connectivity index (χ0n) is 11.0. The van der Waals surface area contributed by atoms with E-state index in [1.54, 1.807) is 0 Å². The third kappa shape index (κ3) is 2.65. The van der Waals surface area contributed by atoms with Gasteiger partial charge in [0, 0.05) is 25.2 Å². The first-order valence-electron chi connectivity index (χ1n) is 6.94. The van der Waals surface area contributed by atoms with Crippen LogP contribution < -0.4 is 5.32 Å². The van der Waals surface area contributed by atoms with Crippen molar-refractivity contribution in [3.05, 3.63) is 35.9 Å². The van der Waals surface area contributed by atoms with Gasteiger partial charge in [-0.3, -0.25) is 15.0 Å². The summed E-state index contributed by atoms with van der Waals surface area (Å²) in [6.45, 7) is 2.97. The summed E-state index contributed by atoms with van der Waals surface area (Å²) in [7, 11) is 0. The molecule has 0 bridgehead atoms. The predicted molar refractivity (Wildman–Crippen MR) is 72.9 cm³/mol. The van der Waals surface area contributed by atoms with Crippen LogP contribution in [0.4, 0.5) is 0 Å². The summed E-state index contributed by atoms with van der Waals surface area (Å²) in [6.07, 6.45) is 2.80. The molecule has 2 heterocycles. The van der Waals surface area contributed by atoms with E-state index in [1.807, 2.05) is 6.07 Å². The highest BCUT2D eigenvalue weighted by atomic mass is 16.4. The molecule has 2 unspecified atom stereocenters. The van der Waals surface area contributed by atoms with Gasteiger partial charge in [0.1, 0.15) is 6.04 Å². The van der Waals surface area contributed by atoms with Gasteiger partial charge >= 0.3 is 5.97 Å². The van der Waals surface area contributed by atoms with Crippen LogP contribution in [0.1, 0.15) is 24.8 Å². The lowest BCUT2D eigenvalue weighted by Crippen LogP contribution is -2.47. The van der Waals surface area contributed by atoms with Gasteiger partial charge in [-0.05, 0) is 24.8 Å². The second-order valence-corrected chi connectivity index (χ2v) is 5.80. The molecule has 19 heavy (non-hydrogen) atoms. The van der Waals surface area contributed by atoms with Gasteiger partial charge in [-0.15, -0.1) is 0 Å². The Hall–Kier alpha value is -1.39. The molecule has 0 radical (unpaired) electrons. The van der Waals surface area contributed by atoms with E-state index >= 15 is 0 Å². The summed E-state index contributed by atoms with van der Waals surface area (Å²) in [4.78, 5) is 13.5. The van der Waals surface area contributed by atoms with Gasteiger partial charge < -0.3 is 5.11 Å². The van der Waals surface area contributed by atoms with Crippen LogP contribution in [0.2, 0.25) is 0 Å². The number of hydrogen-bond acceptors (Lipinski definition) is 3. The number of benzene rings is 1. The smallest absolute Gasteiger partial charge is 0.320 e. The second kappa shape index (κ2) is 4.94. The van der Waals surface area contributed by atoms with Crippen LogP contribution >= 0.6 is 0 Å². The standard InChI is InChI=1S/C15H20N2O2/c18-14(19)13-6-7-15(16-13)8-9-17(11-15)10-12-4-2-1-3-5-12/h1-5,13,16H,6-11H2,(H,18,19). The zero-order chi connectivity index (χ0) is 13.3. The summed E-state index contributed by atoms with van der Waals surface area (Å²) < 4.78 is 0. The van der Waals surface area contributed by atoms with Crippen molar-refractivity contribution >= 4 is 5.97 Å². The van der Waals surface area contributed by atoms with Crippen LogP contribution in [0, 0.1) is 0 Å². The first-order chi connectivity index (χ1) is 9.17. The summed E-state index contributed by atoms with van der Waals surface area (Å²) in [5.74, 6) is -0.710. The number of aliphatic carboxylic acids is 1. The van der Waals surface area contributed by atoms with Crippen LogP contribution in [0.25, 0.3) is 0 Å². The molecule has 0 saturated carbocycles. The molecule has 2 saturated heterocycles. The first-order valence-corrected chi connectivity index (χ1v) is 6.94. The molecule has 3 rings (SSSR count). The van der Waals surface area contributed by atoms with Gasteiger partial charge in [0.25, 0.3) is 0 Å². The average molecular weight is 260 g/mol. The molecule has 2 atom stereocenters. The Labute approximate surface area is 113 Å². The van der Waals surface area contributed by atoms with E-state index in [2.05, 4.69) is 34.5 Å². The number of likely N-dealkylation sites (tertiary alicyclic amines) is 1. The number of carboxylic acids is 1. The molecule has 2 aliphatic heterocycles. The predicted octanol–water partition coefficient (Wildman–Crippen LogP) is 1.47. The maximum absolute atomic E-state index is 11.0. The van der Waals surface area contributed by atoms with E-state index < -0.39 is 5.97 Å². The van der Waals surface area contributed by atoms with E-state index in [-0.39, 0.29) is 11.6 Å². The maximum atomic E-state index is 11.0. The molecular formula is C15H20N2O2. The normalized spacial score (nSPS) is 31.1. The highest BCUT2D eigenvalue weighted by molar-refractivity contribution is 5.74. The molecule has 4 nitrogen and oxygen atoms in total. The molecule has 2 N–H and O–H groups in total. The van der Waals surface area contributed by atoms with Crippen molar-refractivity contribution in [1.82, 2.24) is 10.2 Å². The van der Waals surface area contributed by atoms with Gasteiger partial charge in [0.2, 0.25) is 0 Å². The molecular weight excluding hydrogens is 240 g/mol. The fourth-order valence-corrected chi connectivity index (χ4v) is 3.38. The molecule has 1 spiro atoms. The Morgan fingerprint density at radius 1 is 1.37 bits per heavy atom. The number of hydrogen-bond donors (Lipinski definition) is 2. The maximum Gasteiger partial charge on any atom is 0.320 e. The van der Waals surface area contributed by atoms with Crippen molar-refractivity contribution in [3.8, 4) is 0 Å². The van der Waals surface area contributed by atoms with Gasteiger partial charge in [0.15, 0.2) is 0 Å². The number of carbonyl (C=O) groups is 1. The zero-order valence-corrected chi connectivity index (χ0v) is 11.0. The van der Waals surface area contributed by atoms with Gasteiger partial charge in [-0.2, -0.15) is 0 Å². The Morgan fingerprint density at radius 3 is 2.84 bits per heavy atom. The molecule has 1 aromatic rings. The lowest BCUT2D eigenvalue weighted by Gasteiger charge is -2.25. The van der Waals surface area contributed by atoms with E-state index in [4.69, 9.17) is 5.11 Å². The van der Waals surface area contributed by atoms with E-state index in [1.165, 1.54) is 5.56 Å². The second-order valence-electron chi connectivity index (χ2n) is 5.80. The molecule has 4 heteroatoms. The minimum atomic E-state index is -0.710. The molecule has 2 fully saturated rings. The number of nitrogens with one attached hydrogen (secondary N) is 1. The van der Waals surface area contributed by atoms with Crippen LogP contribution in [0.5, 0.6) is 0 Å². The third-order valence-corrected chi connectivity index (χ3v) is 4.37. The van der Waals surface area contributed by atoms with Gasteiger partial charge in [0.05, 0.1) is 0 Å². The number of rotatable bonds is 3. The van der Waals surface area contributed by atoms with Crippen LogP contribution in [-0.2, 0) is 11.3 Å². The molecule has 0 aliphatic carbocycles.